The summed E-state index contributed by atoms with van der Waals surface area (Å²) in [5.41, 5.74) is 3.33. The molecule has 4 nitrogen and oxygen atoms in total. The van der Waals surface area contributed by atoms with Gasteiger partial charge < -0.3 is 0 Å². The number of rotatable bonds is 3. The van der Waals surface area contributed by atoms with Gasteiger partial charge in [-0.05, 0) is 12.1 Å². The molecule has 4 rings (SSSR count). The lowest BCUT2D eigenvalue weighted by molar-refractivity contribution is -0.384. The van der Waals surface area contributed by atoms with Crippen LogP contribution in [0.1, 0.15) is 0 Å². The minimum absolute atomic E-state index is 0.0965. The van der Waals surface area contributed by atoms with Crippen molar-refractivity contribution in [2.75, 3.05) is 0 Å². The molecular weight excluding hydrogens is 320 g/mol. The number of para-hydroxylation sites is 2. The molecule has 116 valence electrons. The van der Waals surface area contributed by atoms with Crippen molar-refractivity contribution in [2.45, 2.75) is 0 Å². The van der Waals surface area contributed by atoms with E-state index in [1.54, 1.807) is 23.5 Å². The van der Waals surface area contributed by atoms with Crippen LogP contribution in [0, 0.1) is 10.1 Å². The second-order valence-corrected chi connectivity index (χ2v) is 6.34. The minimum atomic E-state index is -0.349. The molecule has 1 aromatic heterocycles. The molecule has 1 heterocycles. The van der Waals surface area contributed by atoms with E-state index >= 15 is 0 Å². The summed E-state index contributed by atoms with van der Waals surface area (Å²) in [5, 5.41) is 12.3. The molecule has 0 spiro atoms. The zero-order chi connectivity index (χ0) is 16.5. The van der Waals surface area contributed by atoms with Crippen LogP contribution in [0.4, 0.5) is 5.69 Å². The molecule has 0 saturated heterocycles. The van der Waals surface area contributed by atoms with Crippen LogP contribution in [0.2, 0.25) is 0 Å². The molecule has 4 aromatic rings. The number of fused-ring (bicyclic) bond motifs is 1. The molecule has 0 N–H and O–H groups in total. The Bertz CT molecular complexity index is 1040. The van der Waals surface area contributed by atoms with E-state index in [4.69, 9.17) is 4.98 Å². The van der Waals surface area contributed by atoms with Crippen molar-refractivity contribution in [1.29, 1.82) is 0 Å². The number of thiazole rings is 1. The number of benzene rings is 3. The van der Waals surface area contributed by atoms with Crippen molar-refractivity contribution in [3.8, 4) is 21.7 Å². The summed E-state index contributed by atoms with van der Waals surface area (Å²) in [4.78, 5) is 15.8. The Kier molecular flexibility index (Phi) is 3.55. The van der Waals surface area contributed by atoms with E-state index in [0.717, 1.165) is 26.4 Å². The number of nitro benzene ring substituents is 1. The van der Waals surface area contributed by atoms with Crippen LogP contribution in [-0.2, 0) is 0 Å². The third kappa shape index (κ3) is 2.45. The van der Waals surface area contributed by atoms with E-state index < -0.39 is 0 Å². The Morgan fingerprint density at radius 2 is 1.54 bits per heavy atom. The normalized spacial score (nSPS) is 10.8. The monoisotopic (exact) mass is 332 g/mol. The van der Waals surface area contributed by atoms with E-state index in [1.807, 2.05) is 54.6 Å². The van der Waals surface area contributed by atoms with Crippen LogP contribution in [0.25, 0.3) is 31.9 Å². The number of hydrogen-bond donors (Lipinski definition) is 0. The molecule has 3 aromatic carbocycles. The van der Waals surface area contributed by atoms with Gasteiger partial charge in [-0.25, -0.2) is 4.98 Å². The highest BCUT2D eigenvalue weighted by Crippen LogP contribution is 2.38. The molecule has 0 aliphatic heterocycles. The number of hydrogen-bond acceptors (Lipinski definition) is 4. The van der Waals surface area contributed by atoms with Gasteiger partial charge in [0.1, 0.15) is 5.01 Å². The molecule has 0 atom stereocenters. The molecule has 0 aliphatic rings. The van der Waals surface area contributed by atoms with Crippen LogP contribution in [0.15, 0.2) is 72.8 Å². The molecule has 0 amide bonds. The highest BCUT2D eigenvalue weighted by Gasteiger charge is 2.18. The Hall–Kier alpha value is -3.05. The van der Waals surface area contributed by atoms with Gasteiger partial charge in [-0.2, -0.15) is 0 Å². The molecule has 0 radical (unpaired) electrons. The first kappa shape index (κ1) is 14.5. The van der Waals surface area contributed by atoms with Gasteiger partial charge >= 0.3 is 0 Å². The third-order valence-electron chi connectivity index (χ3n) is 3.83. The zero-order valence-electron chi connectivity index (χ0n) is 12.5. The van der Waals surface area contributed by atoms with Crippen molar-refractivity contribution >= 4 is 27.2 Å². The first-order valence-electron chi connectivity index (χ1n) is 7.43. The van der Waals surface area contributed by atoms with Crippen LogP contribution in [0.5, 0.6) is 0 Å². The van der Waals surface area contributed by atoms with E-state index in [9.17, 15) is 10.1 Å². The Labute approximate surface area is 142 Å². The van der Waals surface area contributed by atoms with Crippen LogP contribution < -0.4 is 0 Å². The predicted molar refractivity (Wildman–Crippen MR) is 97.1 cm³/mol. The lowest BCUT2D eigenvalue weighted by Gasteiger charge is -2.03. The van der Waals surface area contributed by atoms with Gasteiger partial charge in [0.25, 0.3) is 5.69 Å². The molecule has 0 saturated carbocycles. The van der Waals surface area contributed by atoms with Gasteiger partial charge in [-0.1, -0.05) is 54.6 Å². The first-order valence-corrected chi connectivity index (χ1v) is 8.24. The molecular formula is C19H12N2O2S. The lowest BCUT2D eigenvalue weighted by atomic mass is 10.0. The van der Waals surface area contributed by atoms with Crippen molar-refractivity contribution in [2.24, 2.45) is 0 Å². The topological polar surface area (TPSA) is 56.0 Å². The van der Waals surface area contributed by atoms with Crippen LogP contribution in [-0.4, -0.2) is 9.91 Å². The van der Waals surface area contributed by atoms with E-state index in [-0.39, 0.29) is 10.6 Å². The molecule has 0 unspecified atom stereocenters. The maximum Gasteiger partial charge on any atom is 0.277 e. The Morgan fingerprint density at radius 3 is 2.33 bits per heavy atom. The largest absolute Gasteiger partial charge is 0.277 e. The van der Waals surface area contributed by atoms with Crippen LogP contribution >= 0.6 is 11.3 Å². The zero-order valence-corrected chi connectivity index (χ0v) is 13.4. The van der Waals surface area contributed by atoms with Gasteiger partial charge in [0.2, 0.25) is 0 Å². The first-order chi connectivity index (χ1) is 11.7. The molecule has 0 aliphatic carbocycles. The summed E-state index contributed by atoms with van der Waals surface area (Å²) in [7, 11) is 0. The van der Waals surface area contributed by atoms with Gasteiger partial charge in [-0.15, -0.1) is 11.3 Å². The molecule has 0 bridgehead atoms. The van der Waals surface area contributed by atoms with Crippen molar-refractivity contribution in [1.82, 2.24) is 4.98 Å². The fourth-order valence-electron chi connectivity index (χ4n) is 2.73. The standard InChI is InChI=1S/C19H12N2O2S/c22-21(23)16-11-5-4-9-14(16)15-10-6-12-17-18(15)20-19(24-17)13-7-2-1-3-8-13/h1-12H. The average molecular weight is 332 g/mol. The number of nitro groups is 1. The summed E-state index contributed by atoms with van der Waals surface area (Å²) < 4.78 is 1.02. The fourth-order valence-corrected chi connectivity index (χ4v) is 3.73. The highest BCUT2D eigenvalue weighted by molar-refractivity contribution is 7.21. The van der Waals surface area contributed by atoms with Gasteiger partial charge in [0.05, 0.1) is 20.7 Å². The second kappa shape index (κ2) is 5.86. The smallest absolute Gasteiger partial charge is 0.258 e. The van der Waals surface area contributed by atoms with Gasteiger partial charge in [0.15, 0.2) is 0 Å². The SMILES string of the molecule is O=[N+]([O-])c1ccccc1-c1cccc2sc(-c3ccccc3)nc12. The quantitative estimate of drug-likeness (QED) is 0.366. The van der Waals surface area contributed by atoms with E-state index in [2.05, 4.69) is 0 Å². The Balaban J connectivity index is 1.95. The average Bonchev–Trinajstić information content (AvgIpc) is 3.06. The number of aromatic nitrogens is 1. The van der Waals surface area contributed by atoms with Crippen molar-refractivity contribution < 1.29 is 4.92 Å². The summed E-state index contributed by atoms with van der Waals surface area (Å²) in [5.74, 6) is 0. The van der Waals surface area contributed by atoms with E-state index in [0.29, 0.717) is 5.56 Å². The minimum Gasteiger partial charge on any atom is -0.258 e. The summed E-state index contributed by atoms with van der Waals surface area (Å²) in [6, 6.07) is 22.5. The number of nitrogens with zero attached hydrogens (tertiary/aromatic N) is 2. The maximum atomic E-state index is 11.3. The van der Waals surface area contributed by atoms with Gasteiger partial charge in [-0.3, -0.25) is 10.1 Å². The van der Waals surface area contributed by atoms with E-state index in [1.165, 1.54) is 6.07 Å². The third-order valence-corrected chi connectivity index (χ3v) is 4.90. The van der Waals surface area contributed by atoms with Crippen LogP contribution in [0.3, 0.4) is 0 Å². The summed E-state index contributed by atoms with van der Waals surface area (Å²) in [6.07, 6.45) is 0. The Morgan fingerprint density at radius 1 is 0.833 bits per heavy atom. The maximum absolute atomic E-state index is 11.3. The lowest BCUT2D eigenvalue weighted by Crippen LogP contribution is -1.92. The predicted octanol–water partition coefficient (Wildman–Crippen LogP) is 5.54. The van der Waals surface area contributed by atoms with Crippen molar-refractivity contribution in [3.05, 3.63) is 82.9 Å². The summed E-state index contributed by atoms with van der Waals surface area (Å²) in [6.45, 7) is 0. The fraction of sp³-hybridized carbons (Fsp3) is 0. The highest BCUT2D eigenvalue weighted by atomic mass is 32.1. The molecule has 5 heteroatoms. The van der Waals surface area contributed by atoms with Gasteiger partial charge in [0, 0.05) is 17.2 Å². The molecule has 24 heavy (non-hydrogen) atoms. The second-order valence-electron chi connectivity index (χ2n) is 5.31. The summed E-state index contributed by atoms with van der Waals surface area (Å²) >= 11 is 1.59. The molecule has 0 fully saturated rings. The van der Waals surface area contributed by atoms with Crippen molar-refractivity contribution in [3.63, 3.8) is 0 Å².